The Kier molecular flexibility index (Phi) is 4.78. The van der Waals surface area contributed by atoms with Crippen LogP contribution >= 0.6 is 0 Å². The number of hydrogen-bond donors (Lipinski definition) is 2. The maximum atomic E-state index is 9.16. The molecule has 0 aliphatic carbocycles. The first kappa shape index (κ1) is 16.9. The van der Waals surface area contributed by atoms with Crippen molar-refractivity contribution < 1.29 is 9.84 Å². The average molecular weight is 348 g/mol. The second-order valence-electron chi connectivity index (χ2n) is 6.60. The first-order valence-corrected chi connectivity index (χ1v) is 9.09. The number of nitrogens with one attached hydrogen (secondary N) is 1. The molecule has 0 spiro atoms. The fourth-order valence-corrected chi connectivity index (χ4v) is 3.73. The molecule has 2 heterocycles. The van der Waals surface area contributed by atoms with Crippen LogP contribution in [-0.2, 0) is 13.0 Å². The van der Waals surface area contributed by atoms with Crippen LogP contribution < -0.4 is 10.1 Å². The number of fused-ring (bicyclic) bond motifs is 3. The maximum Gasteiger partial charge on any atom is 0.119 e. The van der Waals surface area contributed by atoms with E-state index < -0.39 is 0 Å². The third-order valence-corrected chi connectivity index (χ3v) is 5.03. The molecule has 1 aliphatic heterocycles. The number of rotatable bonds is 4. The lowest BCUT2D eigenvalue weighted by atomic mass is 9.98. The molecule has 1 aromatic heterocycles. The normalized spacial score (nSPS) is 14.5. The zero-order chi connectivity index (χ0) is 17.9. The molecule has 0 fully saturated rings. The summed E-state index contributed by atoms with van der Waals surface area (Å²) in [6.45, 7) is 3.07. The number of benzene rings is 2. The molecular formula is C22H24N2O2. The van der Waals surface area contributed by atoms with E-state index in [1.165, 1.54) is 22.2 Å². The Balaban J connectivity index is 1.84. The molecule has 0 unspecified atom stereocenters. The fraction of sp³-hybridized carbons (Fsp3) is 0.273. The van der Waals surface area contributed by atoms with Gasteiger partial charge in [0.05, 0.1) is 13.7 Å². The Hall–Kier alpha value is -2.56. The van der Waals surface area contributed by atoms with Gasteiger partial charge in [0.2, 0.25) is 0 Å². The van der Waals surface area contributed by atoms with Gasteiger partial charge in [-0.15, -0.1) is 0 Å². The Morgan fingerprint density at radius 3 is 2.92 bits per heavy atom. The molecule has 0 radical (unpaired) electrons. The highest BCUT2D eigenvalue weighted by molar-refractivity contribution is 5.88. The van der Waals surface area contributed by atoms with Crippen LogP contribution in [0.3, 0.4) is 0 Å². The quantitative estimate of drug-likeness (QED) is 0.759. The topological polar surface area (TPSA) is 46.4 Å². The molecule has 0 saturated heterocycles. The minimum absolute atomic E-state index is 0.0227. The average Bonchev–Trinajstić information content (AvgIpc) is 2.85. The van der Waals surface area contributed by atoms with Gasteiger partial charge in [0.1, 0.15) is 5.75 Å². The van der Waals surface area contributed by atoms with Gasteiger partial charge in [-0.05, 0) is 46.3 Å². The number of ether oxygens (including phenoxy) is 1. The molecule has 0 amide bonds. The Morgan fingerprint density at radius 1 is 1.15 bits per heavy atom. The van der Waals surface area contributed by atoms with Gasteiger partial charge in [0.15, 0.2) is 0 Å². The minimum atomic E-state index is 0.0227. The highest BCUT2D eigenvalue weighted by atomic mass is 16.5. The largest absolute Gasteiger partial charge is 0.497 e. The number of hydrogen-bond acceptors (Lipinski definition) is 3. The number of aromatic nitrogens is 1. The molecule has 0 atom stereocenters. The molecule has 0 bridgehead atoms. The molecule has 0 saturated carbocycles. The van der Waals surface area contributed by atoms with Gasteiger partial charge in [-0.3, -0.25) is 0 Å². The van der Waals surface area contributed by atoms with Crippen LogP contribution in [0, 0.1) is 0 Å². The minimum Gasteiger partial charge on any atom is -0.497 e. The van der Waals surface area contributed by atoms with Crippen molar-refractivity contribution in [3.8, 4) is 16.9 Å². The maximum absolute atomic E-state index is 9.16. The standard InChI is InChI=1S/C22H24N2O2/c1-26-20-6-7-21(16(14-20)3-2-12-25)17-4-5-18-13-19-8-9-23-10-11-24(19)22(18)15-17/h2-7,13-15,23,25H,8-12H2,1H3/b3-2-. The van der Waals surface area contributed by atoms with Crippen LogP contribution in [-0.4, -0.2) is 36.5 Å². The van der Waals surface area contributed by atoms with Crippen molar-refractivity contribution in [2.45, 2.75) is 13.0 Å². The van der Waals surface area contributed by atoms with Crippen molar-refractivity contribution in [2.24, 2.45) is 0 Å². The van der Waals surface area contributed by atoms with E-state index in [2.05, 4.69) is 40.2 Å². The Labute approximate surface area is 153 Å². The zero-order valence-corrected chi connectivity index (χ0v) is 15.0. The van der Waals surface area contributed by atoms with E-state index >= 15 is 0 Å². The summed E-state index contributed by atoms with van der Waals surface area (Å²) in [6.07, 6.45) is 4.77. The van der Waals surface area contributed by atoms with E-state index in [0.717, 1.165) is 42.9 Å². The molecule has 2 N–H and O–H groups in total. The van der Waals surface area contributed by atoms with Crippen molar-refractivity contribution in [1.29, 1.82) is 0 Å². The van der Waals surface area contributed by atoms with Gasteiger partial charge < -0.3 is 19.7 Å². The Morgan fingerprint density at radius 2 is 2.08 bits per heavy atom. The van der Waals surface area contributed by atoms with Crippen LogP contribution in [0.4, 0.5) is 0 Å². The van der Waals surface area contributed by atoms with E-state index in [0.29, 0.717) is 0 Å². The second-order valence-corrected chi connectivity index (χ2v) is 6.60. The van der Waals surface area contributed by atoms with Gasteiger partial charge in [0, 0.05) is 37.3 Å². The van der Waals surface area contributed by atoms with Gasteiger partial charge in [-0.1, -0.05) is 30.4 Å². The summed E-state index contributed by atoms with van der Waals surface area (Å²) in [4.78, 5) is 0. The molecule has 4 nitrogen and oxygen atoms in total. The van der Waals surface area contributed by atoms with Crippen molar-refractivity contribution in [2.75, 3.05) is 26.8 Å². The predicted molar refractivity (Wildman–Crippen MR) is 107 cm³/mol. The summed E-state index contributed by atoms with van der Waals surface area (Å²) in [6, 6.07) is 15.1. The zero-order valence-electron chi connectivity index (χ0n) is 15.0. The van der Waals surface area contributed by atoms with Gasteiger partial charge in [-0.2, -0.15) is 0 Å². The predicted octanol–water partition coefficient (Wildman–Crippen LogP) is 3.47. The summed E-state index contributed by atoms with van der Waals surface area (Å²) < 4.78 is 7.80. The molecule has 4 heteroatoms. The highest BCUT2D eigenvalue weighted by Gasteiger charge is 2.13. The van der Waals surface area contributed by atoms with Crippen LogP contribution in [0.15, 0.2) is 48.5 Å². The summed E-state index contributed by atoms with van der Waals surface area (Å²) in [5.41, 5.74) is 6.05. The molecular weight excluding hydrogens is 324 g/mol. The van der Waals surface area contributed by atoms with Crippen molar-refractivity contribution in [1.82, 2.24) is 9.88 Å². The molecule has 2 aromatic carbocycles. The molecule has 4 rings (SSSR count). The van der Waals surface area contributed by atoms with E-state index in [-0.39, 0.29) is 6.61 Å². The van der Waals surface area contributed by atoms with E-state index in [9.17, 15) is 0 Å². The monoisotopic (exact) mass is 348 g/mol. The lowest BCUT2D eigenvalue weighted by Crippen LogP contribution is -2.17. The number of methoxy groups -OCH3 is 1. The van der Waals surface area contributed by atoms with E-state index in [1.54, 1.807) is 13.2 Å². The number of aliphatic hydroxyl groups is 1. The van der Waals surface area contributed by atoms with Crippen LogP contribution in [0.2, 0.25) is 0 Å². The van der Waals surface area contributed by atoms with Crippen molar-refractivity contribution in [3.63, 3.8) is 0 Å². The first-order valence-electron chi connectivity index (χ1n) is 9.09. The third-order valence-electron chi connectivity index (χ3n) is 5.03. The molecule has 134 valence electrons. The van der Waals surface area contributed by atoms with E-state index in [1.807, 2.05) is 18.2 Å². The summed E-state index contributed by atoms with van der Waals surface area (Å²) in [5, 5.41) is 13.9. The Bertz CT molecular complexity index is 956. The van der Waals surface area contributed by atoms with Gasteiger partial charge in [-0.25, -0.2) is 0 Å². The summed E-state index contributed by atoms with van der Waals surface area (Å²) in [7, 11) is 1.67. The van der Waals surface area contributed by atoms with Crippen LogP contribution in [0.5, 0.6) is 5.75 Å². The second kappa shape index (κ2) is 7.36. The number of aliphatic hydroxyl groups excluding tert-OH is 1. The van der Waals surface area contributed by atoms with Crippen LogP contribution in [0.25, 0.3) is 28.1 Å². The van der Waals surface area contributed by atoms with Crippen LogP contribution in [0.1, 0.15) is 11.3 Å². The van der Waals surface area contributed by atoms with Gasteiger partial charge >= 0.3 is 0 Å². The highest BCUT2D eigenvalue weighted by Crippen LogP contribution is 2.32. The third kappa shape index (κ3) is 3.14. The first-order chi connectivity index (χ1) is 12.8. The molecule has 26 heavy (non-hydrogen) atoms. The summed E-state index contributed by atoms with van der Waals surface area (Å²) in [5.74, 6) is 0.815. The van der Waals surface area contributed by atoms with Gasteiger partial charge in [0.25, 0.3) is 0 Å². The SMILES string of the molecule is COc1ccc(-c2ccc3cc4n(c3c2)CCNCC4)c(/C=C\CO)c1. The summed E-state index contributed by atoms with van der Waals surface area (Å²) >= 11 is 0. The van der Waals surface area contributed by atoms with Crippen molar-refractivity contribution in [3.05, 3.63) is 59.8 Å². The lowest BCUT2D eigenvalue weighted by molar-refractivity contribution is 0.343. The smallest absolute Gasteiger partial charge is 0.119 e. The molecule has 1 aliphatic rings. The number of nitrogens with zero attached hydrogens (tertiary/aromatic N) is 1. The van der Waals surface area contributed by atoms with Crippen molar-refractivity contribution >= 4 is 17.0 Å². The lowest BCUT2D eigenvalue weighted by Gasteiger charge is -2.11. The fourth-order valence-electron chi connectivity index (χ4n) is 3.73. The van der Waals surface area contributed by atoms with E-state index in [4.69, 9.17) is 9.84 Å². The molecule has 3 aromatic rings.